The fraction of sp³-hybridized carbons (Fsp3) is 0.455. The number of hydrogen-bond donors (Lipinski definition) is 2. The van der Waals surface area contributed by atoms with Gasteiger partial charge in [0, 0.05) is 22.6 Å². The molecule has 2 nitrogen and oxygen atoms in total. The minimum atomic E-state index is 0.111. The number of halogens is 2. The summed E-state index contributed by atoms with van der Waals surface area (Å²) < 4.78 is 0. The van der Waals surface area contributed by atoms with E-state index in [9.17, 15) is 0 Å². The molecule has 4 heteroatoms. The Kier molecular flexibility index (Phi) is 5.40. The second-order valence-corrected chi connectivity index (χ2v) is 4.25. The van der Waals surface area contributed by atoms with E-state index in [1.54, 1.807) is 12.1 Å². The van der Waals surface area contributed by atoms with Gasteiger partial charge in [-0.2, -0.15) is 0 Å². The topological polar surface area (TPSA) is 32.3 Å². The maximum absolute atomic E-state index is 9.01. The lowest BCUT2D eigenvalue weighted by atomic mass is 10.2. The maximum atomic E-state index is 9.01. The molecule has 0 heterocycles. The van der Waals surface area contributed by atoms with Gasteiger partial charge < -0.3 is 10.4 Å². The van der Waals surface area contributed by atoms with Gasteiger partial charge in [0.2, 0.25) is 0 Å². The van der Waals surface area contributed by atoms with Crippen molar-refractivity contribution in [1.29, 1.82) is 0 Å². The summed E-state index contributed by atoms with van der Waals surface area (Å²) in [7, 11) is 0. The Hall–Kier alpha value is -0.280. The second-order valence-electron chi connectivity index (χ2n) is 3.40. The van der Waals surface area contributed by atoms with Crippen LogP contribution in [-0.4, -0.2) is 17.8 Å². The molecular weight excluding hydrogens is 233 g/mol. The Labute approximate surface area is 100 Å². The third-order valence-corrected chi connectivity index (χ3v) is 2.91. The van der Waals surface area contributed by atoms with Crippen LogP contribution in [0.2, 0.25) is 10.0 Å². The molecule has 0 aliphatic heterocycles. The van der Waals surface area contributed by atoms with Crippen molar-refractivity contribution in [1.82, 2.24) is 5.32 Å². The molecule has 0 bridgehead atoms. The first-order valence-electron chi connectivity index (χ1n) is 4.95. The summed E-state index contributed by atoms with van der Waals surface area (Å²) >= 11 is 11.9. The highest BCUT2D eigenvalue weighted by Crippen LogP contribution is 2.20. The second kappa shape index (κ2) is 6.33. The first-order chi connectivity index (χ1) is 7.17. The lowest BCUT2D eigenvalue weighted by molar-refractivity contribution is 0.238. The van der Waals surface area contributed by atoms with E-state index in [2.05, 4.69) is 5.32 Å². The van der Waals surface area contributed by atoms with Crippen molar-refractivity contribution in [3.8, 4) is 0 Å². The van der Waals surface area contributed by atoms with Crippen molar-refractivity contribution in [3.63, 3.8) is 0 Å². The van der Waals surface area contributed by atoms with Gasteiger partial charge in [-0.1, -0.05) is 30.1 Å². The third-order valence-electron chi connectivity index (χ3n) is 2.30. The zero-order valence-corrected chi connectivity index (χ0v) is 10.1. The number of nitrogens with one attached hydrogen (secondary N) is 1. The summed E-state index contributed by atoms with van der Waals surface area (Å²) in [5.41, 5.74) is 0.955. The Balaban J connectivity index is 2.60. The highest BCUT2D eigenvalue weighted by atomic mass is 35.5. The molecule has 0 saturated heterocycles. The van der Waals surface area contributed by atoms with Crippen LogP contribution in [-0.2, 0) is 6.54 Å². The minimum Gasteiger partial charge on any atom is -0.395 e. The Morgan fingerprint density at radius 3 is 2.73 bits per heavy atom. The molecule has 0 spiro atoms. The van der Waals surface area contributed by atoms with Crippen LogP contribution in [0.4, 0.5) is 0 Å². The Morgan fingerprint density at radius 2 is 2.13 bits per heavy atom. The molecular formula is C11H15Cl2NO. The van der Waals surface area contributed by atoms with Crippen LogP contribution in [0.15, 0.2) is 18.2 Å². The molecule has 0 radical (unpaired) electrons. The lowest BCUT2D eigenvalue weighted by Crippen LogP contribution is -2.31. The smallest absolute Gasteiger partial charge is 0.0584 e. The quantitative estimate of drug-likeness (QED) is 0.839. The summed E-state index contributed by atoms with van der Waals surface area (Å²) in [4.78, 5) is 0. The predicted octanol–water partition coefficient (Wildman–Crippen LogP) is 2.85. The molecule has 0 aromatic heterocycles. The molecule has 0 saturated carbocycles. The fourth-order valence-corrected chi connectivity index (χ4v) is 1.65. The zero-order chi connectivity index (χ0) is 11.3. The largest absolute Gasteiger partial charge is 0.395 e. The number of rotatable bonds is 5. The van der Waals surface area contributed by atoms with Gasteiger partial charge in [0.25, 0.3) is 0 Å². The molecule has 84 valence electrons. The number of hydrogen-bond acceptors (Lipinski definition) is 2. The van der Waals surface area contributed by atoms with Crippen LogP contribution < -0.4 is 5.32 Å². The van der Waals surface area contributed by atoms with Crippen LogP contribution in [0.5, 0.6) is 0 Å². The van der Waals surface area contributed by atoms with Gasteiger partial charge in [-0.05, 0) is 30.2 Å². The minimum absolute atomic E-state index is 0.111. The van der Waals surface area contributed by atoms with E-state index in [4.69, 9.17) is 28.3 Å². The molecule has 1 atom stereocenters. The van der Waals surface area contributed by atoms with E-state index < -0.39 is 0 Å². The summed E-state index contributed by atoms with van der Waals surface area (Å²) in [6.07, 6.45) is 0.884. The van der Waals surface area contributed by atoms with Gasteiger partial charge in [-0.15, -0.1) is 0 Å². The lowest BCUT2D eigenvalue weighted by Gasteiger charge is -2.14. The normalized spacial score (nSPS) is 12.8. The number of benzene rings is 1. The van der Waals surface area contributed by atoms with Crippen LogP contribution in [0.1, 0.15) is 18.9 Å². The monoisotopic (exact) mass is 247 g/mol. The zero-order valence-electron chi connectivity index (χ0n) is 8.63. The first-order valence-corrected chi connectivity index (χ1v) is 5.71. The van der Waals surface area contributed by atoms with E-state index in [0.29, 0.717) is 16.6 Å². The van der Waals surface area contributed by atoms with Crippen molar-refractivity contribution >= 4 is 23.2 Å². The Bertz CT molecular complexity index is 313. The fourth-order valence-electron chi connectivity index (χ4n) is 1.27. The number of aliphatic hydroxyl groups is 1. The molecule has 0 unspecified atom stereocenters. The van der Waals surface area contributed by atoms with Crippen LogP contribution in [0.3, 0.4) is 0 Å². The molecule has 0 amide bonds. The van der Waals surface area contributed by atoms with Crippen molar-refractivity contribution in [2.24, 2.45) is 0 Å². The van der Waals surface area contributed by atoms with Crippen molar-refractivity contribution in [3.05, 3.63) is 33.8 Å². The van der Waals surface area contributed by atoms with Crippen LogP contribution >= 0.6 is 23.2 Å². The van der Waals surface area contributed by atoms with Crippen LogP contribution in [0, 0.1) is 0 Å². The van der Waals surface area contributed by atoms with Crippen LogP contribution in [0.25, 0.3) is 0 Å². The average Bonchev–Trinajstić information content (AvgIpc) is 2.24. The highest BCUT2D eigenvalue weighted by molar-refractivity contribution is 6.33. The molecule has 0 fully saturated rings. The van der Waals surface area contributed by atoms with Crippen molar-refractivity contribution < 1.29 is 5.11 Å². The number of aliphatic hydroxyl groups excluding tert-OH is 1. The van der Waals surface area contributed by atoms with Gasteiger partial charge in [0.15, 0.2) is 0 Å². The molecule has 0 aliphatic carbocycles. The summed E-state index contributed by atoms with van der Waals surface area (Å²) in [6, 6.07) is 5.48. The molecule has 1 aromatic carbocycles. The SMILES string of the molecule is CC[C@@H](CO)NCc1cc(Cl)ccc1Cl. The molecule has 2 N–H and O–H groups in total. The van der Waals surface area contributed by atoms with E-state index in [1.165, 1.54) is 0 Å². The highest BCUT2D eigenvalue weighted by Gasteiger charge is 2.06. The van der Waals surface area contributed by atoms with Gasteiger partial charge in [0.1, 0.15) is 0 Å². The van der Waals surface area contributed by atoms with Gasteiger partial charge in [0.05, 0.1) is 6.61 Å². The maximum Gasteiger partial charge on any atom is 0.0584 e. The summed E-state index contributed by atoms with van der Waals surface area (Å²) in [6.45, 7) is 2.78. The van der Waals surface area contributed by atoms with Gasteiger partial charge in [-0.3, -0.25) is 0 Å². The standard InChI is InChI=1S/C11H15Cl2NO/c1-2-10(7-15)14-6-8-5-9(12)3-4-11(8)13/h3-5,10,14-15H,2,6-7H2,1H3/t10-/m0/s1. The van der Waals surface area contributed by atoms with E-state index in [1.807, 2.05) is 13.0 Å². The first kappa shape index (κ1) is 12.8. The average molecular weight is 248 g/mol. The summed E-state index contributed by atoms with van der Waals surface area (Å²) in [5, 5.41) is 13.6. The Morgan fingerprint density at radius 1 is 1.40 bits per heavy atom. The van der Waals surface area contributed by atoms with Crippen molar-refractivity contribution in [2.75, 3.05) is 6.61 Å². The molecule has 1 aromatic rings. The molecule has 0 aliphatic rings. The molecule has 15 heavy (non-hydrogen) atoms. The predicted molar refractivity (Wildman–Crippen MR) is 64.5 cm³/mol. The van der Waals surface area contributed by atoms with E-state index in [0.717, 1.165) is 12.0 Å². The van der Waals surface area contributed by atoms with Gasteiger partial charge >= 0.3 is 0 Å². The molecule has 1 rings (SSSR count). The summed E-state index contributed by atoms with van der Waals surface area (Å²) in [5.74, 6) is 0. The van der Waals surface area contributed by atoms with Gasteiger partial charge in [-0.25, -0.2) is 0 Å². The van der Waals surface area contributed by atoms with E-state index in [-0.39, 0.29) is 12.6 Å². The van der Waals surface area contributed by atoms with Crippen molar-refractivity contribution in [2.45, 2.75) is 25.9 Å². The van der Waals surface area contributed by atoms with E-state index >= 15 is 0 Å². The third kappa shape index (κ3) is 3.99.